The predicted molar refractivity (Wildman–Crippen MR) is 146 cm³/mol. The Morgan fingerprint density at radius 2 is 1.38 bits per heavy atom. The van der Waals surface area contributed by atoms with Crippen molar-refractivity contribution >= 4 is 33.2 Å². The van der Waals surface area contributed by atoms with Gasteiger partial charge >= 0.3 is 0 Å². The van der Waals surface area contributed by atoms with Crippen LogP contribution in [-0.2, 0) is 16.6 Å². The highest BCUT2D eigenvalue weighted by molar-refractivity contribution is 7.89. The van der Waals surface area contributed by atoms with Crippen LogP contribution in [0.5, 0.6) is 0 Å². The van der Waals surface area contributed by atoms with E-state index in [9.17, 15) is 17.2 Å². The topological polar surface area (TPSA) is 99.2 Å². The van der Waals surface area contributed by atoms with Gasteiger partial charge in [0.05, 0.1) is 4.90 Å². The molecule has 5 rings (SSSR count). The average molecular weight is 551 g/mol. The minimum atomic E-state index is -3.62. The first-order valence-electron chi connectivity index (χ1n) is 12.6. The number of hydrogen-bond acceptors (Lipinski definition) is 7. The molecule has 202 valence electrons. The molecule has 1 aliphatic rings. The van der Waals surface area contributed by atoms with E-state index in [1.165, 1.54) is 28.6 Å². The molecule has 1 aromatic heterocycles. The molecular weight excluding hydrogens is 522 g/mol. The van der Waals surface area contributed by atoms with E-state index in [1.54, 1.807) is 60.8 Å². The molecule has 0 unspecified atom stereocenters. The Balaban J connectivity index is 1.15. The molecule has 1 fully saturated rings. The summed E-state index contributed by atoms with van der Waals surface area (Å²) in [4.78, 5) is 8.83. The molecule has 3 N–H and O–H groups in total. The van der Waals surface area contributed by atoms with Crippen LogP contribution in [0.15, 0.2) is 90.0 Å². The lowest BCUT2D eigenvalue weighted by Gasteiger charge is -2.31. The first-order valence-corrected chi connectivity index (χ1v) is 14.0. The van der Waals surface area contributed by atoms with Crippen LogP contribution in [0.2, 0.25) is 0 Å². The van der Waals surface area contributed by atoms with E-state index in [1.807, 2.05) is 0 Å². The first kappa shape index (κ1) is 26.7. The molecule has 0 radical (unpaired) electrons. The lowest BCUT2D eigenvalue weighted by atomic mass is 10.1. The standard InChI is InChI=1S/C28H28F2N6O2S/c29-21-3-1-20(2-4-21)19-32-23-14-17-36(18-15-23)39(37,38)26-11-9-25(10-12-26)34-28-31-16-13-27(35-28)33-24-7-5-22(30)6-8-24/h1-13,16,23,32H,14-15,17-19H2,(H2,31,33,34,35). The van der Waals surface area contributed by atoms with Crippen LogP contribution in [0.3, 0.4) is 0 Å². The van der Waals surface area contributed by atoms with Gasteiger partial charge in [-0.05, 0) is 85.1 Å². The first-order chi connectivity index (χ1) is 18.8. The van der Waals surface area contributed by atoms with Gasteiger partial charge < -0.3 is 16.0 Å². The fourth-order valence-corrected chi connectivity index (χ4v) is 5.79. The Hall–Kier alpha value is -3.93. The van der Waals surface area contributed by atoms with Crippen LogP contribution in [0.4, 0.5) is 31.9 Å². The largest absolute Gasteiger partial charge is 0.340 e. The molecule has 11 heteroatoms. The maximum absolute atomic E-state index is 13.2. The summed E-state index contributed by atoms with van der Waals surface area (Å²) in [6.07, 6.45) is 2.97. The number of sulfonamides is 1. The maximum atomic E-state index is 13.2. The molecule has 0 aliphatic carbocycles. The molecule has 39 heavy (non-hydrogen) atoms. The quantitative estimate of drug-likeness (QED) is 0.264. The third-order valence-electron chi connectivity index (χ3n) is 6.48. The number of benzene rings is 3. The smallest absolute Gasteiger partial charge is 0.243 e. The fraction of sp³-hybridized carbons (Fsp3) is 0.214. The van der Waals surface area contributed by atoms with Crippen LogP contribution in [0, 0.1) is 11.6 Å². The number of hydrogen-bond donors (Lipinski definition) is 3. The van der Waals surface area contributed by atoms with Crippen molar-refractivity contribution in [2.75, 3.05) is 23.7 Å². The second kappa shape index (κ2) is 11.9. The Morgan fingerprint density at radius 3 is 2.05 bits per heavy atom. The van der Waals surface area contributed by atoms with Gasteiger partial charge in [0, 0.05) is 43.2 Å². The fourth-order valence-electron chi connectivity index (χ4n) is 4.32. The molecule has 4 aromatic rings. The van der Waals surface area contributed by atoms with E-state index >= 15 is 0 Å². The van der Waals surface area contributed by atoms with Crippen LogP contribution < -0.4 is 16.0 Å². The summed E-state index contributed by atoms with van der Waals surface area (Å²) in [5, 5.41) is 9.59. The van der Waals surface area contributed by atoms with E-state index in [-0.39, 0.29) is 22.6 Å². The summed E-state index contributed by atoms with van der Waals surface area (Å²) in [6, 6.07) is 20.6. The van der Waals surface area contributed by atoms with Gasteiger partial charge in [-0.1, -0.05) is 12.1 Å². The van der Waals surface area contributed by atoms with Gasteiger partial charge in [-0.25, -0.2) is 22.2 Å². The van der Waals surface area contributed by atoms with Gasteiger partial charge in [-0.3, -0.25) is 0 Å². The number of piperidine rings is 1. The van der Waals surface area contributed by atoms with Gasteiger partial charge in [0.1, 0.15) is 17.5 Å². The number of aromatic nitrogens is 2. The van der Waals surface area contributed by atoms with Crippen LogP contribution in [0.1, 0.15) is 18.4 Å². The molecule has 0 amide bonds. The lowest BCUT2D eigenvalue weighted by Crippen LogP contribution is -2.44. The number of rotatable bonds is 9. The highest BCUT2D eigenvalue weighted by Gasteiger charge is 2.29. The van der Waals surface area contributed by atoms with Crippen molar-refractivity contribution in [1.29, 1.82) is 0 Å². The summed E-state index contributed by atoms with van der Waals surface area (Å²) in [7, 11) is -3.62. The normalized spacial score (nSPS) is 14.7. The molecule has 8 nitrogen and oxygen atoms in total. The Morgan fingerprint density at radius 1 is 0.795 bits per heavy atom. The molecule has 0 bridgehead atoms. The van der Waals surface area contributed by atoms with Gasteiger partial charge in [-0.15, -0.1) is 0 Å². The van der Waals surface area contributed by atoms with Crippen LogP contribution >= 0.6 is 0 Å². The second-order valence-corrected chi connectivity index (χ2v) is 11.2. The van der Waals surface area contributed by atoms with Crippen molar-refractivity contribution in [2.45, 2.75) is 30.3 Å². The molecule has 0 spiro atoms. The number of nitrogens with zero attached hydrogens (tertiary/aromatic N) is 3. The van der Waals surface area contributed by atoms with E-state index in [0.29, 0.717) is 55.6 Å². The summed E-state index contributed by atoms with van der Waals surface area (Å²) in [6.45, 7) is 1.46. The van der Waals surface area contributed by atoms with Crippen molar-refractivity contribution < 1.29 is 17.2 Å². The SMILES string of the molecule is O=S(=O)(c1ccc(Nc2nccc(Nc3ccc(F)cc3)n2)cc1)N1CCC(NCc2ccc(F)cc2)CC1. The van der Waals surface area contributed by atoms with Crippen molar-refractivity contribution in [3.8, 4) is 0 Å². The Labute approximate surface area is 226 Å². The third-order valence-corrected chi connectivity index (χ3v) is 8.40. The summed E-state index contributed by atoms with van der Waals surface area (Å²) >= 11 is 0. The van der Waals surface area contributed by atoms with Crippen LogP contribution in [0.25, 0.3) is 0 Å². The van der Waals surface area contributed by atoms with Crippen molar-refractivity contribution in [3.05, 3.63) is 102 Å². The van der Waals surface area contributed by atoms with Gasteiger partial charge in [0.15, 0.2) is 0 Å². The van der Waals surface area contributed by atoms with Gasteiger partial charge in [0.25, 0.3) is 0 Å². The molecule has 0 atom stereocenters. The highest BCUT2D eigenvalue weighted by Crippen LogP contribution is 2.24. The van der Waals surface area contributed by atoms with Gasteiger partial charge in [0.2, 0.25) is 16.0 Å². The molecule has 2 heterocycles. The molecule has 3 aromatic carbocycles. The zero-order chi connectivity index (χ0) is 27.2. The van der Waals surface area contributed by atoms with Crippen LogP contribution in [-0.4, -0.2) is 41.8 Å². The van der Waals surface area contributed by atoms with Gasteiger partial charge in [-0.2, -0.15) is 9.29 Å². The number of anilines is 4. The summed E-state index contributed by atoms with van der Waals surface area (Å²) in [5.41, 5.74) is 2.31. The zero-order valence-electron chi connectivity index (χ0n) is 21.0. The Bertz CT molecular complexity index is 1490. The van der Waals surface area contributed by atoms with E-state index in [4.69, 9.17) is 0 Å². The average Bonchev–Trinajstić information content (AvgIpc) is 2.95. The molecular formula is C28H28F2N6O2S. The minimum Gasteiger partial charge on any atom is -0.340 e. The summed E-state index contributed by atoms with van der Waals surface area (Å²) < 4.78 is 54.1. The Kier molecular flexibility index (Phi) is 8.10. The maximum Gasteiger partial charge on any atom is 0.243 e. The molecule has 1 saturated heterocycles. The zero-order valence-corrected chi connectivity index (χ0v) is 21.8. The van der Waals surface area contributed by atoms with Crippen molar-refractivity contribution in [1.82, 2.24) is 19.6 Å². The van der Waals surface area contributed by atoms with Crippen molar-refractivity contribution in [2.24, 2.45) is 0 Å². The monoisotopic (exact) mass is 550 g/mol. The highest BCUT2D eigenvalue weighted by atomic mass is 32.2. The molecule has 1 aliphatic heterocycles. The van der Waals surface area contributed by atoms with E-state index in [0.717, 1.165) is 5.56 Å². The third kappa shape index (κ3) is 6.94. The minimum absolute atomic E-state index is 0.196. The molecule has 0 saturated carbocycles. The predicted octanol–water partition coefficient (Wildman–Crippen LogP) is 5.18. The summed E-state index contributed by atoms with van der Waals surface area (Å²) in [5.74, 6) is 0.261. The lowest BCUT2D eigenvalue weighted by molar-refractivity contribution is 0.288. The number of nitrogens with one attached hydrogen (secondary N) is 3. The second-order valence-electron chi connectivity index (χ2n) is 9.23. The van der Waals surface area contributed by atoms with E-state index < -0.39 is 10.0 Å². The van der Waals surface area contributed by atoms with E-state index in [2.05, 4.69) is 25.9 Å². The number of halogens is 2. The van der Waals surface area contributed by atoms with Crippen molar-refractivity contribution in [3.63, 3.8) is 0 Å².